The number of rotatable bonds is 5. The van der Waals surface area contributed by atoms with Crippen molar-refractivity contribution in [3.8, 4) is 22.6 Å². The minimum Gasteiger partial charge on any atom is -0.486 e. The average Bonchev–Trinajstić information content (AvgIpc) is 3.18. The summed E-state index contributed by atoms with van der Waals surface area (Å²) in [6, 6.07) is 15.5. The van der Waals surface area contributed by atoms with E-state index in [0.717, 1.165) is 21.6 Å². The van der Waals surface area contributed by atoms with Crippen molar-refractivity contribution in [1.29, 1.82) is 0 Å². The Hall–Kier alpha value is -3.65. The Morgan fingerprint density at radius 3 is 2.67 bits per heavy atom. The molecule has 1 aliphatic heterocycles. The van der Waals surface area contributed by atoms with Gasteiger partial charge < -0.3 is 14.4 Å². The monoisotopic (exact) mass is 461 g/mol. The standard InChI is InChI=1S/C25H23N3O4S/c1-16-22(18-6-4-3-5-7-18)23-24(33-16)26-15-28(25(23)30)14-21(29)27(2)13-17-8-9-19-20(12-17)32-11-10-31-19/h3-9,12,15H,10-11,13-14H2,1-2H3. The zero-order chi connectivity index (χ0) is 22.9. The summed E-state index contributed by atoms with van der Waals surface area (Å²) >= 11 is 1.49. The second kappa shape index (κ2) is 8.71. The maximum atomic E-state index is 13.3. The average molecular weight is 462 g/mol. The summed E-state index contributed by atoms with van der Waals surface area (Å²) in [5, 5.41) is 0.563. The number of thiophene rings is 1. The number of fused-ring (bicyclic) bond motifs is 2. The Morgan fingerprint density at radius 2 is 1.88 bits per heavy atom. The summed E-state index contributed by atoms with van der Waals surface area (Å²) in [6.45, 7) is 3.35. The van der Waals surface area contributed by atoms with Crippen LogP contribution in [0.15, 0.2) is 59.7 Å². The van der Waals surface area contributed by atoms with Crippen LogP contribution in [0.4, 0.5) is 0 Å². The van der Waals surface area contributed by atoms with Crippen molar-refractivity contribution < 1.29 is 14.3 Å². The highest BCUT2D eigenvalue weighted by atomic mass is 32.1. The first-order valence-electron chi connectivity index (χ1n) is 10.7. The van der Waals surface area contributed by atoms with E-state index in [1.165, 1.54) is 22.2 Å². The van der Waals surface area contributed by atoms with Crippen LogP contribution in [0.2, 0.25) is 0 Å². The number of ether oxygens (including phenoxy) is 2. The van der Waals surface area contributed by atoms with E-state index >= 15 is 0 Å². The molecule has 0 unspecified atom stereocenters. The molecular weight excluding hydrogens is 438 g/mol. The van der Waals surface area contributed by atoms with Crippen LogP contribution in [0.3, 0.4) is 0 Å². The van der Waals surface area contributed by atoms with Crippen molar-refractivity contribution in [3.05, 3.63) is 75.7 Å². The van der Waals surface area contributed by atoms with E-state index in [1.807, 2.05) is 55.5 Å². The van der Waals surface area contributed by atoms with Gasteiger partial charge in [0, 0.05) is 24.0 Å². The van der Waals surface area contributed by atoms with Crippen LogP contribution in [0, 0.1) is 6.92 Å². The number of hydrogen-bond acceptors (Lipinski definition) is 6. The molecule has 0 saturated heterocycles. The number of likely N-dealkylation sites (N-methyl/N-ethyl adjacent to an activating group) is 1. The summed E-state index contributed by atoms with van der Waals surface area (Å²) in [6.07, 6.45) is 1.46. The van der Waals surface area contributed by atoms with Gasteiger partial charge in [-0.2, -0.15) is 0 Å². The fourth-order valence-corrected chi connectivity index (χ4v) is 5.02. The molecule has 1 amide bonds. The lowest BCUT2D eigenvalue weighted by Crippen LogP contribution is -2.33. The summed E-state index contributed by atoms with van der Waals surface area (Å²) in [4.78, 5) is 34.1. The number of amides is 1. The van der Waals surface area contributed by atoms with Gasteiger partial charge in [-0.1, -0.05) is 36.4 Å². The Labute approximate surface area is 194 Å². The molecule has 4 aromatic rings. The van der Waals surface area contributed by atoms with E-state index in [-0.39, 0.29) is 18.0 Å². The molecule has 0 saturated carbocycles. The van der Waals surface area contributed by atoms with Crippen LogP contribution in [0.5, 0.6) is 11.5 Å². The first kappa shape index (κ1) is 21.2. The molecular formula is C25H23N3O4S. The van der Waals surface area contributed by atoms with E-state index in [0.29, 0.717) is 41.5 Å². The summed E-state index contributed by atoms with van der Waals surface area (Å²) in [7, 11) is 1.72. The van der Waals surface area contributed by atoms with E-state index in [4.69, 9.17) is 9.47 Å². The van der Waals surface area contributed by atoms with Gasteiger partial charge in [-0.3, -0.25) is 14.2 Å². The third kappa shape index (κ3) is 4.09. The van der Waals surface area contributed by atoms with Gasteiger partial charge in [-0.05, 0) is 30.2 Å². The highest BCUT2D eigenvalue weighted by Crippen LogP contribution is 2.35. The third-order valence-corrected chi connectivity index (χ3v) is 6.69. The number of aromatic nitrogens is 2. The van der Waals surface area contributed by atoms with Crippen molar-refractivity contribution in [3.63, 3.8) is 0 Å². The molecule has 33 heavy (non-hydrogen) atoms. The fraction of sp³-hybridized carbons (Fsp3) is 0.240. The topological polar surface area (TPSA) is 73.7 Å². The summed E-state index contributed by atoms with van der Waals surface area (Å²) in [5.74, 6) is 1.22. The van der Waals surface area contributed by atoms with Crippen LogP contribution in [0.1, 0.15) is 10.4 Å². The van der Waals surface area contributed by atoms with E-state index in [2.05, 4.69) is 4.98 Å². The quantitative estimate of drug-likeness (QED) is 0.451. The first-order valence-corrected chi connectivity index (χ1v) is 11.5. The molecule has 8 heteroatoms. The number of hydrogen-bond donors (Lipinski definition) is 0. The van der Waals surface area contributed by atoms with Gasteiger partial charge in [0.1, 0.15) is 24.6 Å². The Balaban J connectivity index is 1.39. The van der Waals surface area contributed by atoms with Gasteiger partial charge in [0.2, 0.25) is 5.91 Å². The lowest BCUT2D eigenvalue weighted by molar-refractivity contribution is -0.131. The molecule has 0 bridgehead atoms. The normalized spacial score (nSPS) is 12.7. The molecule has 0 spiro atoms. The van der Waals surface area contributed by atoms with Gasteiger partial charge >= 0.3 is 0 Å². The molecule has 0 atom stereocenters. The lowest BCUT2D eigenvalue weighted by Gasteiger charge is -2.21. The Morgan fingerprint density at radius 1 is 1.12 bits per heavy atom. The Bertz CT molecular complexity index is 1390. The minimum atomic E-state index is -0.204. The van der Waals surface area contributed by atoms with Crippen LogP contribution < -0.4 is 15.0 Å². The lowest BCUT2D eigenvalue weighted by atomic mass is 10.0. The Kier molecular flexibility index (Phi) is 5.60. The van der Waals surface area contributed by atoms with Crippen LogP contribution in [0.25, 0.3) is 21.3 Å². The fourth-order valence-electron chi connectivity index (χ4n) is 4.02. The van der Waals surface area contributed by atoms with Crippen molar-refractivity contribution in [2.75, 3.05) is 20.3 Å². The van der Waals surface area contributed by atoms with Gasteiger partial charge in [0.25, 0.3) is 5.56 Å². The van der Waals surface area contributed by atoms with Crippen LogP contribution in [-0.4, -0.2) is 40.6 Å². The number of nitrogens with zero attached hydrogens (tertiary/aromatic N) is 3. The molecule has 0 fully saturated rings. The van der Waals surface area contributed by atoms with Gasteiger partial charge in [-0.25, -0.2) is 4.98 Å². The van der Waals surface area contributed by atoms with E-state index < -0.39 is 0 Å². The van der Waals surface area contributed by atoms with Gasteiger partial charge in [-0.15, -0.1) is 11.3 Å². The van der Waals surface area contributed by atoms with Crippen molar-refractivity contribution in [2.24, 2.45) is 0 Å². The molecule has 7 nitrogen and oxygen atoms in total. The van der Waals surface area contributed by atoms with Crippen LogP contribution >= 0.6 is 11.3 Å². The number of carbonyl (C=O) groups excluding carboxylic acids is 1. The van der Waals surface area contributed by atoms with Gasteiger partial charge in [0.15, 0.2) is 11.5 Å². The summed E-state index contributed by atoms with van der Waals surface area (Å²) in [5.41, 5.74) is 2.58. The number of carbonyl (C=O) groups is 1. The van der Waals surface area contributed by atoms with Crippen molar-refractivity contribution in [1.82, 2.24) is 14.5 Å². The van der Waals surface area contributed by atoms with Crippen molar-refractivity contribution >= 4 is 27.5 Å². The summed E-state index contributed by atoms with van der Waals surface area (Å²) < 4.78 is 12.6. The first-order chi connectivity index (χ1) is 16.0. The predicted molar refractivity (Wildman–Crippen MR) is 128 cm³/mol. The molecule has 168 valence electrons. The zero-order valence-corrected chi connectivity index (χ0v) is 19.2. The molecule has 2 aromatic carbocycles. The van der Waals surface area contributed by atoms with E-state index in [1.54, 1.807) is 11.9 Å². The van der Waals surface area contributed by atoms with E-state index in [9.17, 15) is 9.59 Å². The predicted octanol–water partition coefficient (Wildman–Crippen LogP) is 3.86. The maximum Gasteiger partial charge on any atom is 0.263 e. The van der Waals surface area contributed by atoms with Gasteiger partial charge in [0.05, 0.1) is 11.7 Å². The highest BCUT2D eigenvalue weighted by Gasteiger charge is 2.19. The number of benzene rings is 2. The minimum absolute atomic E-state index is 0.0774. The van der Waals surface area contributed by atoms with Crippen LogP contribution in [-0.2, 0) is 17.9 Å². The molecule has 5 rings (SSSR count). The number of aryl methyl sites for hydroxylation is 1. The zero-order valence-electron chi connectivity index (χ0n) is 18.4. The third-order valence-electron chi connectivity index (χ3n) is 5.67. The smallest absolute Gasteiger partial charge is 0.263 e. The second-order valence-corrected chi connectivity index (χ2v) is 9.19. The molecule has 1 aliphatic rings. The highest BCUT2D eigenvalue weighted by molar-refractivity contribution is 7.19. The molecule has 0 aliphatic carbocycles. The molecule has 3 heterocycles. The van der Waals surface area contributed by atoms with Crippen molar-refractivity contribution in [2.45, 2.75) is 20.0 Å². The SMILES string of the molecule is Cc1sc2ncn(CC(=O)N(C)Cc3ccc4c(c3)OCCO4)c(=O)c2c1-c1ccccc1. The maximum absolute atomic E-state index is 13.3. The molecule has 0 radical (unpaired) electrons. The molecule has 0 N–H and O–H groups in total. The second-order valence-electron chi connectivity index (χ2n) is 7.98. The molecule has 2 aromatic heterocycles. The largest absolute Gasteiger partial charge is 0.486 e.